The quantitative estimate of drug-likeness (QED) is 0.746. The largest absolute Gasteiger partial charge is 0.288 e. The number of halogens is 1. The van der Waals surface area contributed by atoms with Crippen molar-refractivity contribution in [1.29, 1.82) is 0 Å². The topological polar surface area (TPSA) is 17.1 Å². The molecule has 1 nitrogen and oxygen atoms in total. The first-order valence-electron chi connectivity index (χ1n) is 6.15. The van der Waals surface area contributed by atoms with Gasteiger partial charge in [-0.3, -0.25) is 4.79 Å². The lowest BCUT2D eigenvalue weighted by molar-refractivity contribution is 0.104. The Hall–Kier alpha value is -0.770. The van der Waals surface area contributed by atoms with Crippen molar-refractivity contribution in [3.63, 3.8) is 0 Å². The maximum absolute atomic E-state index is 12.5. The van der Waals surface area contributed by atoms with Crippen LogP contribution in [0.3, 0.4) is 0 Å². The van der Waals surface area contributed by atoms with E-state index in [-0.39, 0.29) is 5.78 Å². The van der Waals surface area contributed by atoms with Crippen LogP contribution in [0.1, 0.15) is 31.2 Å². The van der Waals surface area contributed by atoms with E-state index in [9.17, 15) is 4.79 Å². The van der Waals surface area contributed by atoms with Crippen molar-refractivity contribution >= 4 is 40.5 Å². The number of rotatable bonds is 2. The highest BCUT2D eigenvalue weighted by atomic mass is 35.5. The van der Waals surface area contributed by atoms with Gasteiger partial charge in [0.05, 0.1) is 4.88 Å². The second-order valence-electron chi connectivity index (χ2n) is 4.65. The Morgan fingerprint density at radius 2 is 2.16 bits per heavy atom. The van der Waals surface area contributed by atoms with Crippen LogP contribution < -0.4 is 0 Å². The lowest BCUT2D eigenvalue weighted by Crippen LogP contribution is -1.98. The number of carbonyl (C=O) groups excluding carboxylic acids is 1. The zero-order valence-corrected chi connectivity index (χ0v) is 12.9. The SMILES string of the molecule is Cc1ccc(C(=O)c2cc3c(s2)CCSC3)cc1Cl. The minimum atomic E-state index is 0.0892. The minimum Gasteiger partial charge on any atom is -0.288 e. The molecule has 0 spiro atoms. The van der Waals surface area contributed by atoms with Crippen molar-refractivity contribution in [2.45, 2.75) is 19.1 Å². The molecule has 4 heteroatoms. The first-order valence-corrected chi connectivity index (χ1v) is 8.50. The van der Waals surface area contributed by atoms with Crippen molar-refractivity contribution in [1.82, 2.24) is 0 Å². The number of carbonyl (C=O) groups is 1. The molecule has 2 heterocycles. The lowest BCUT2D eigenvalue weighted by atomic mass is 10.1. The molecule has 0 bridgehead atoms. The molecule has 0 fully saturated rings. The molecule has 0 amide bonds. The van der Waals surface area contributed by atoms with E-state index in [4.69, 9.17) is 11.6 Å². The number of ketones is 1. The Balaban J connectivity index is 1.95. The van der Waals surface area contributed by atoms with E-state index in [0.717, 1.165) is 28.4 Å². The van der Waals surface area contributed by atoms with E-state index in [1.54, 1.807) is 17.4 Å². The van der Waals surface area contributed by atoms with Crippen LogP contribution in [0.4, 0.5) is 0 Å². The van der Waals surface area contributed by atoms with Gasteiger partial charge in [-0.05, 0) is 42.4 Å². The van der Waals surface area contributed by atoms with Crippen LogP contribution in [-0.2, 0) is 12.2 Å². The van der Waals surface area contributed by atoms with Gasteiger partial charge in [-0.25, -0.2) is 0 Å². The number of aryl methyl sites for hydroxylation is 2. The van der Waals surface area contributed by atoms with Crippen molar-refractivity contribution in [2.24, 2.45) is 0 Å². The molecule has 19 heavy (non-hydrogen) atoms. The molecule has 0 saturated heterocycles. The molecule has 0 unspecified atom stereocenters. The van der Waals surface area contributed by atoms with Crippen molar-refractivity contribution < 1.29 is 4.79 Å². The smallest absolute Gasteiger partial charge is 0.203 e. The van der Waals surface area contributed by atoms with Crippen LogP contribution in [0.15, 0.2) is 24.3 Å². The third-order valence-corrected chi connectivity index (χ3v) is 5.94. The highest BCUT2D eigenvalue weighted by Gasteiger charge is 2.18. The van der Waals surface area contributed by atoms with Crippen molar-refractivity contribution in [3.05, 3.63) is 55.7 Å². The third kappa shape index (κ3) is 2.60. The standard InChI is InChI=1S/C15H13ClOS2/c1-9-2-3-10(6-12(9)16)15(17)14-7-11-8-18-5-4-13(11)19-14/h2-3,6-7H,4-5,8H2,1H3. The van der Waals surface area contributed by atoms with Gasteiger partial charge >= 0.3 is 0 Å². The monoisotopic (exact) mass is 308 g/mol. The molecule has 1 aromatic heterocycles. The Bertz CT molecular complexity index is 622. The number of benzene rings is 1. The Kier molecular flexibility index (Phi) is 3.70. The average molecular weight is 309 g/mol. The van der Waals surface area contributed by atoms with Gasteiger partial charge < -0.3 is 0 Å². The van der Waals surface area contributed by atoms with Crippen LogP contribution in [0.5, 0.6) is 0 Å². The van der Waals surface area contributed by atoms with E-state index >= 15 is 0 Å². The predicted molar refractivity (Wildman–Crippen MR) is 83.8 cm³/mol. The molecule has 2 aromatic rings. The van der Waals surface area contributed by atoms with Crippen molar-refractivity contribution in [3.8, 4) is 0 Å². The number of hydrogen-bond acceptors (Lipinski definition) is 3. The summed E-state index contributed by atoms with van der Waals surface area (Å²) in [6.45, 7) is 1.94. The van der Waals surface area contributed by atoms with Gasteiger partial charge in [0, 0.05) is 21.2 Å². The molecule has 0 radical (unpaired) electrons. The molecular formula is C15H13ClOS2. The highest BCUT2D eigenvalue weighted by Crippen LogP contribution is 2.33. The summed E-state index contributed by atoms with van der Waals surface area (Å²) in [7, 11) is 0. The van der Waals surface area contributed by atoms with Gasteiger partial charge in [0.1, 0.15) is 0 Å². The molecule has 1 aliphatic rings. The molecule has 1 aliphatic heterocycles. The first kappa shape index (κ1) is 13.2. The second kappa shape index (κ2) is 5.31. The van der Waals surface area contributed by atoms with Crippen LogP contribution in [0.2, 0.25) is 5.02 Å². The number of hydrogen-bond donors (Lipinski definition) is 0. The summed E-state index contributed by atoms with van der Waals surface area (Å²) >= 11 is 9.67. The molecule has 0 atom stereocenters. The third-order valence-electron chi connectivity index (χ3n) is 3.29. The highest BCUT2D eigenvalue weighted by molar-refractivity contribution is 7.98. The fraction of sp³-hybridized carbons (Fsp3) is 0.267. The molecule has 0 N–H and O–H groups in total. The first-order chi connectivity index (χ1) is 9.15. The molecule has 1 aromatic carbocycles. The molecule has 0 saturated carbocycles. The minimum absolute atomic E-state index is 0.0892. The van der Waals surface area contributed by atoms with Crippen molar-refractivity contribution in [2.75, 3.05) is 5.75 Å². The Labute approximate surface area is 126 Å². The summed E-state index contributed by atoms with van der Waals surface area (Å²) in [5.41, 5.74) is 3.02. The summed E-state index contributed by atoms with van der Waals surface area (Å²) in [5.74, 6) is 2.29. The molecule has 3 rings (SSSR count). The van der Waals surface area contributed by atoms with E-state index < -0.39 is 0 Å². The second-order valence-corrected chi connectivity index (χ2v) is 7.30. The summed E-state index contributed by atoms with van der Waals surface area (Å²) in [4.78, 5) is 14.7. The van der Waals surface area contributed by atoms with E-state index in [1.807, 2.05) is 30.8 Å². The normalized spacial score (nSPS) is 14.2. The maximum atomic E-state index is 12.5. The van der Waals surface area contributed by atoms with Crippen LogP contribution >= 0.6 is 34.7 Å². The fourth-order valence-corrected chi connectivity index (χ4v) is 4.65. The van der Waals surface area contributed by atoms with Crippen LogP contribution in [-0.4, -0.2) is 11.5 Å². The summed E-state index contributed by atoms with van der Waals surface area (Å²) in [6, 6.07) is 7.59. The summed E-state index contributed by atoms with van der Waals surface area (Å²) in [6.07, 6.45) is 1.09. The zero-order chi connectivity index (χ0) is 13.4. The number of thiophene rings is 1. The van der Waals surface area contributed by atoms with Gasteiger partial charge in [0.2, 0.25) is 5.78 Å². The maximum Gasteiger partial charge on any atom is 0.203 e. The Morgan fingerprint density at radius 3 is 2.89 bits per heavy atom. The van der Waals surface area contributed by atoms with Gasteiger partial charge in [-0.15, -0.1) is 11.3 Å². The Morgan fingerprint density at radius 1 is 1.32 bits per heavy atom. The lowest BCUT2D eigenvalue weighted by Gasteiger charge is -2.08. The van der Waals surface area contributed by atoms with Gasteiger partial charge in [0.25, 0.3) is 0 Å². The van der Waals surface area contributed by atoms with E-state index in [1.165, 1.54) is 10.4 Å². The summed E-state index contributed by atoms with van der Waals surface area (Å²) in [5, 5.41) is 0.655. The summed E-state index contributed by atoms with van der Waals surface area (Å²) < 4.78 is 0. The van der Waals surface area contributed by atoms with Crippen LogP contribution in [0.25, 0.3) is 0 Å². The van der Waals surface area contributed by atoms with Gasteiger partial charge in [-0.2, -0.15) is 11.8 Å². The number of fused-ring (bicyclic) bond motifs is 1. The van der Waals surface area contributed by atoms with E-state index in [0.29, 0.717) is 10.6 Å². The number of thioether (sulfide) groups is 1. The molecule has 0 aliphatic carbocycles. The fourth-order valence-electron chi connectivity index (χ4n) is 2.14. The average Bonchev–Trinajstić information content (AvgIpc) is 2.85. The van der Waals surface area contributed by atoms with Crippen LogP contribution in [0, 0.1) is 6.92 Å². The predicted octanol–water partition coefficient (Wildman–Crippen LogP) is 4.73. The van der Waals surface area contributed by atoms with E-state index in [2.05, 4.69) is 6.07 Å². The molecular weight excluding hydrogens is 296 g/mol. The van der Waals surface area contributed by atoms with Gasteiger partial charge in [0.15, 0.2) is 0 Å². The zero-order valence-electron chi connectivity index (χ0n) is 10.5. The van der Waals surface area contributed by atoms with Gasteiger partial charge in [-0.1, -0.05) is 23.7 Å². The molecule has 98 valence electrons.